The molecular weight excluding hydrogens is 326 g/mol. The molecule has 4 heteroatoms. The highest BCUT2D eigenvalue weighted by Gasteiger charge is 2.21. The van der Waals surface area contributed by atoms with Crippen molar-refractivity contribution in [3.63, 3.8) is 0 Å². The molecule has 138 valence electrons. The summed E-state index contributed by atoms with van der Waals surface area (Å²) in [7, 11) is 0. The third-order valence-electron chi connectivity index (χ3n) is 4.61. The molecule has 2 aromatic carbocycles. The van der Waals surface area contributed by atoms with Crippen LogP contribution >= 0.6 is 0 Å². The lowest BCUT2D eigenvalue weighted by atomic mass is 10.0. The first kappa shape index (κ1) is 18.5. The van der Waals surface area contributed by atoms with Crippen molar-refractivity contribution in [3.05, 3.63) is 65.7 Å². The molecule has 0 bridgehead atoms. The minimum atomic E-state index is -0.0811. The van der Waals surface area contributed by atoms with Gasteiger partial charge in [-0.1, -0.05) is 42.5 Å². The van der Waals surface area contributed by atoms with Gasteiger partial charge in [0.15, 0.2) is 0 Å². The maximum atomic E-state index is 11.9. The molecule has 1 atom stereocenters. The Kier molecular flexibility index (Phi) is 7.08. The van der Waals surface area contributed by atoms with Crippen LogP contribution in [0.15, 0.2) is 54.6 Å². The van der Waals surface area contributed by atoms with Crippen LogP contribution in [0.3, 0.4) is 0 Å². The average Bonchev–Trinajstić information content (AvgIpc) is 2.70. The first-order valence-corrected chi connectivity index (χ1v) is 9.44. The molecular formula is C22H27NO3. The molecule has 0 radical (unpaired) electrons. The normalized spacial score (nSPS) is 16.8. The summed E-state index contributed by atoms with van der Waals surface area (Å²) in [6, 6.07) is 18.6. The predicted octanol–water partition coefficient (Wildman–Crippen LogP) is 3.59. The number of piperidine rings is 1. The van der Waals surface area contributed by atoms with Crippen LogP contribution in [0.1, 0.15) is 30.4 Å². The van der Waals surface area contributed by atoms with Gasteiger partial charge < -0.3 is 14.8 Å². The fourth-order valence-electron chi connectivity index (χ4n) is 3.13. The minimum absolute atomic E-state index is 0.0156. The van der Waals surface area contributed by atoms with E-state index in [2.05, 4.69) is 41.7 Å². The SMILES string of the molecule is O=C(OCCCOc1ccc(Cc2ccccc2)cc1)C1CCCNC1. The average molecular weight is 353 g/mol. The van der Waals surface area contributed by atoms with Crippen LogP contribution in [0, 0.1) is 5.92 Å². The molecule has 0 saturated carbocycles. The van der Waals surface area contributed by atoms with Crippen molar-refractivity contribution in [2.45, 2.75) is 25.7 Å². The number of rotatable bonds is 8. The molecule has 1 aliphatic heterocycles. The second-order valence-electron chi connectivity index (χ2n) is 6.72. The van der Waals surface area contributed by atoms with Crippen LogP contribution in [0.2, 0.25) is 0 Å². The second kappa shape index (κ2) is 9.97. The highest BCUT2D eigenvalue weighted by atomic mass is 16.5. The lowest BCUT2D eigenvalue weighted by Crippen LogP contribution is -2.35. The van der Waals surface area contributed by atoms with Gasteiger partial charge in [-0.05, 0) is 49.1 Å². The van der Waals surface area contributed by atoms with Gasteiger partial charge in [0, 0.05) is 13.0 Å². The quantitative estimate of drug-likeness (QED) is 0.582. The molecule has 1 fully saturated rings. The Labute approximate surface area is 155 Å². The first-order valence-electron chi connectivity index (χ1n) is 9.44. The van der Waals surface area contributed by atoms with Gasteiger partial charge in [0.25, 0.3) is 0 Å². The third-order valence-corrected chi connectivity index (χ3v) is 4.61. The molecule has 0 aromatic heterocycles. The van der Waals surface area contributed by atoms with Gasteiger partial charge in [0.05, 0.1) is 19.1 Å². The van der Waals surface area contributed by atoms with E-state index in [1.165, 1.54) is 11.1 Å². The summed E-state index contributed by atoms with van der Waals surface area (Å²) >= 11 is 0. The molecule has 1 aliphatic rings. The standard InChI is InChI=1S/C22H27NO3/c24-22(20-8-4-13-23-17-20)26-15-5-14-25-21-11-9-19(10-12-21)16-18-6-2-1-3-7-18/h1-3,6-7,9-12,20,23H,4-5,8,13-17H2. The van der Waals surface area contributed by atoms with Crippen LogP contribution in [-0.2, 0) is 16.0 Å². The fourth-order valence-corrected chi connectivity index (χ4v) is 3.13. The zero-order valence-electron chi connectivity index (χ0n) is 15.2. The van der Waals surface area contributed by atoms with Crippen LogP contribution in [0.5, 0.6) is 5.75 Å². The van der Waals surface area contributed by atoms with Crippen molar-refractivity contribution >= 4 is 5.97 Å². The summed E-state index contributed by atoms with van der Waals surface area (Å²) < 4.78 is 11.1. The van der Waals surface area contributed by atoms with E-state index in [1.54, 1.807) is 0 Å². The van der Waals surface area contributed by atoms with Gasteiger partial charge in [0.2, 0.25) is 0 Å². The first-order chi connectivity index (χ1) is 12.8. The molecule has 2 aromatic rings. The van der Waals surface area contributed by atoms with E-state index >= 15 is 0 Å². The number of hydrogen-bond donors (Lipinski definition) is 1. The van der Waals surface area contributed by atoms with Gasteiger partial charge in [-0.25, -0.2) is 0 Å². The highest BCUT2D eigenvalue weighted by molar-refractivity contribution is 5.72. The maximum absolute atomic E-state index is 11.9. The molecule has 1 N–H and O–H groups in total. The van der Waals surface area contributed by atoms with Crippen molar-refractivity contribution in [2.75, 3.05) is 26.3 Å². The molecule has 3 rings (SSSR count). The zero-order valence-corrected chi connectivity index (χ0v) is 15.2. The van der Waals surface area contributed by atoms with Crippen molar-refractivity contribution < 1.29 is 14.3 Å². The molecule has 1 unspecified atom stereocenters. The number of ether oxygens (including phenoxy) is 2. The van der Waals surface area contributed by atoms with Crippen LogP contribution in [0.25, 0.3) is 0 Å². The summed E-state index contributed by atoms with van der Waals surface area (Å²) in [5.41, 5.74) is 2.56. The molecule has 1 saturated heterocycles. The summed E-state index contributed by atoms with van der Waals surface area (Å²) in [4.78, 5) is 11.9. The number of esters is 1. The number of benzene rings is 2. The van der Waals surface area contributed by atoms with E-state index in [-0.39, 0.29) is 11.9 Å². The Bertz CT molecular complexity index is 664. The van der Waals surface area contributed by atoms with Crippen molar-refractivity contribution in [1.82, 2.24) is 5.32 Å². The van der Waals surface area contributed by atoms with E-state index in [0.717, 1.165) is 38.1 Å². The van der Waals surface area contributed by atoms with Gasteiger partial charge >= 0.3 is 5.97 Å². The van der Waals surface area contributed by atoms with E-state index in [0.29, 0.717) is 19.6 Å². The molecule has 0 amide bonds. The summed E-state index contributed by atoms with van der Waals surface area (Å²) in [5.74, 6) is 0.786. The third kappa shape index (κ3) is 5.88. The van der Waals surface area contributed by atoms with Gasteiger partial charge in [0.1, 0.15) is 5.75 Å². The number of carbonyl (C=O) groups excluding carboxylic acids is 1. The van der Waals surface area contributed by atoms with Gasteiger partial charge in [-0.15, -0.1) is 0 Å². The van der Waals surface area contributed by atoms with Crippen LogP contribution in [0.4, 0.5) is 0 Å². The summed E-state index contributed by atoms with van der Waals surface area (Å²) in [5, 5.41) is 3.23. The number of hydrogen-bond acceptors (Lipinski definition) is 4. The van der Waals surface area contributed by atoms with Crippen molar-refractivity contribution in [1.29, 1.82) is 0 Å². The molecule has 0 aliphatic carbocycles. The van der Waals surface area contributed by atoms with E-state index in [1.807, 2.05) is 18.2 Å². The van der Waals surface area contributed by atoms with E-state index < -0.39 is 0 Å². The highest BCUT2D eigenvalue weighted by Crippen LogP contribution is 2.16. The molecule has 26 heavy (non-hydrogen) atoms. The van der Waals surface area contributed by atoms with E-state index in [4.69, 9.17) is 9.47 Å². The largest absolute Gasteiger partial charge is 0.493 e. The molecule has 0 spiro atoms. The Hall–Kier alpha value is -2.33. The zero-order chi connectivity index (χ0) is 18.0. The smallest absolute Gasteiger partial charge is 0.310 e. The predicted molar refractivity (Wildman–Crippen MR) is 102 cm³/mol. The Balaban J connectivity index is 1.33. The van der Waals surface area contributed by atoms with Crippen LogP contribution in [-0.4, -0.2) is 32.3 Å². The van der Waals surface area contributed by atoms with Crippen molar-refractivity contribution in [2.24, 2.45) is 5.92 Å². The minimum Gasteiger partial charge on any atom is -0.493 e. The monoisotopic (exact) mass is 353 g/mol. The summed E-state index contributed by atoms with van der Waals surface area (Å²) in [6.07, 6.45) is 3.60. The number of carbonyl (C=O) groups is 1. The molecule has 4 nitrogen and oxygen atoms in total. The number of nitrogens with one attached hydrogen (secondary N) is 1. The van der Waals surface area contributed by atoms with Crippen LogP contribution < -0.4 is 10.1 Å². The van der Waals surface area contributed by atoms with Crippen molar-refractivity contribution in [3.8, 4) is 5.75 Å². The van der Waals surface area contributed by atoms with Gasteiger partial charge in [-0.3, -0.25) is 4.79 Å². The Morgan fingerprint density at radius 1 is 1.00 bits per heavy atom. The Morgan fingerprint density at radius 2 is 1.77 bits per heavy atom. The Morgan fingerprint density at radius 3 is 2.50 bits per heavy atom. The van der Waals surface area contributed by atoms with E-state index in [9.17, 15) is 4.79 Å². The molecule has 1 heterocycles. The lowest BCUT2D eigenvalue weighted by molar-refractivity contribution is -0.149. The topological polar surface area (TPSA) is 47.6 Å². The van der Waals surface area contributed by atoms with Gasteiger partial charge in [-0.2, -0.15) is 0 Å². The summed E-state index contributed by atoms with van der Waals surface area (Å²) in [6.45, 7) is 2.71. The second-order valence-corrected chi connectivity index (χ2v) is 6.72. The maximum Gasteiger partial charge on any atom is 0.310 e. The fraction of sp³-hybridized carbons (Fsp3) is 0.409. The lowest BCUT2D eigenvalue weighted by Gasteiger charge is -2.21.